The predicted molar refractivity (Wildman–Crippen MR) is 144 cm³/mol. The third kappa shape index (κ3) is 5.25. The molecule has 0 aliphatic heterocycles. The normalized spacial score (nSPS) is 10.6. The largest absolute Gasteiger partial charge is 0.481 e. The van der Waals surface area contributed by atoms with Crippen LogP contribution in [-0.4, -0.2) is 38.0 Å². The molecule has 9 nitrogen and oxygen atoms in total. The first-order valence-corrected chi connectivity index (χ1v) is 12.0. The molecule has 0 spiro atoms. The van der Waals surface area contributed by atoms with E-state index in [1.54, 1.807) is 62.4 Å². The maximum absolute atomic E-state index is 13.1. The number of carbonyl (C=O) groups excluding carboxylic acids is 2. The van der Waals surface area contributed by atoms with E-state index in [4.69, 9.17) is 11.2 Å². The highest BCUT2D eigenvalue weighted by molar-refractivity contribution is 6.10. The number of carbonyl (C=O) groups is 2. The Bertz CT molecular complexity index is 1610. The monoisotopic (exact) mass is 509 g/mol. The average molecular weight is 510 g/mol. The molecular formula is C29H27N5O4. The Kier molecular flexibility index (Phi) is 7.53. The summed E-state index contributed by atoms with van der Waals surface area (Å²) in [5, 5.41) is 7.34. The second-order valence-electron chi connectivity index (χ2n) is 8.66. The first-order chi connectivity index (χ1) is 18.2. The number of rotatable bonds is 8. The van der Waals surface area contributed by atoms with Crippen LogP contribution in [0.1, 0.15) is 55.7 Å². The zero-order chi connectivity index (χ0) is 27.4. The van der Waals surface area contributed by atoms with E-state index in [0.717, 1.165) is 5.56 Å². The van der Waals surface area contributed by atoms with E-state index >= 15 is 0 Å². The van der Waals surface area contributed by atoms with Crippen molar-refractivity contribution >= 4 is 17.5 Å². The highest BCUT2D eigenvalue weighted by atomic mass is 16.5. The zero-order valence-electron chi connectivity index (χ0n) is 21.6. The molecule has 2 N–H and O–H groups in total. The second kappa shape index (κ2) is 11.0. The molecule has 192 valence electrons. The van der Waals surface area contributed by atoms with Gasteiger partial charge in [-0.05, 0) is 63.6 Å². The molecule has 4 aromatic rings. The van der Waals surface area contributed by atoms with Gasteiger partial charge in [0, 0.05) is 33.5 Å². The Morgan fingerprint density at radius 1 is 1.00 bits per heavy atom. The molecular weight excluding hydrogens is 482 g/mol. The summed E-state index contributed by atoms with van der Waals surface area (Å²) in [5.41, 5.74) is 3.64. The summed E-state index contributed by atoms with van der Waals surface area (Å²) >= 11 is 0. The highest BCUT2D eigenvalue weighted by Gasteiger charge is 2.19. The van der Waals surface area contributed by atoms with Crippen LogP contribution in [0.5, 0.6) is 5.75 Å². The van der Waals surface area contributed by atoms with E-state index in [1.165, 1.54) is 4.68 Å². The topological polar surface area (TPSA) is 119 Å². The van der Waals surface area contributed by atoms with Crippen LogP contribution >= 0.6 is 0 Å². The number of aromatic nitrogens is 4. The predicted octanol–water partition coefficient (Wildman–Crippen LogP) is 3.94. The number of amides is 1. The van der Waals surface area contributed by atoms with Crippen LogP contribution in [0, 0.1) is 33.1 Å². The number of anilines is 1. The molecule has 38 heavy (non-hydrogen) atoms. The van der Waals surface area contributed by atoms with Crippen molar-refractivity contribution < 1.29 is 14.3 Å². The minimum Gasteiger partial charge on any atom is -0.481 e. The zero-order valence-corrected chi connectivity index (χ0v) is 21.6. The number of terminal acetylenes is 1. The number of H-pyrrole nitrogens is 1. The molecule has 0 fully saturated rings. The summed E-state index contributed by atoms with van der Waals surface area (Å²) in [7, 11) is 0. The van der Waals surface area contributed by atoms with Gasteiger partial charge in [0.2, 0.25) is 5.95 Å². The Hall–Kier alpha value is -4.97. The third-order valence-electron chi connectivity index (χ3n) is 6.20. The molecule has 2 aromatic heterocycles. The number of hydrogen-bond acceptors (Lipinski definition) is 6. The Labute approximate surface area is 219 Å². The molecule has 2 heterocycles. The lowest BCUT2D eigenvalue weighted by Gasteiger charge is -2.11. The third-order valence-corrected chi connectivity index (χ3v) is 6.20. The number of ether oxygens (including phenoxy) is 1. The van der Waals surface area contributed by atoms with Crippen LogP contribution < -0.4 is 15.6 Å². The fourth-order valence-corrected chi connectivity index (χ4v) is 3.96. The molecule has 9 heteroatoms. The summed E-state index contributed by atoms with van der Waals surface area (Å²) in [4.78, 5) is 45.7. The summed E-state index contributed by atoms with van der Waals surface area (Å²) < 4.78 is 6.76. The first-order valence-electron chi connectivity index (χ1n) is 12.0. The lowest BCUT2D eigenvalue weighted by molar-refractivity contribution is 0.101. The molecule has 0 radical (unpaired) electrons. The van der Waals surface area contributed by atoms with Gasteiger partial charge >= 0.3 is 0 Å². The van der Waals surface area contributed by atoms with Crippen molar-refractivity contribution in [2.75, 3.05) is 11.9 Å². The lowest BCUT2D eigenvalue weighted by atomic mass is 10.0. The van der Waals surface area contributed by atoms with Gasteiger partial charge in [-0.3, -0.25) is 19.4 Å². The maximum Gasteiger partial charge on any atom is 0.256 e. The van der Waals surface area contributed by atoms with Gasteiger partial charge in [0.15, 0.2) is 5.78 Å². The van der Waals surface area contributed by atoms with Crippen LogP contribution in [-0.2, 0) is 6.42 Å². The van der Waals surface area contributed by atoms with Gasteiger partial charge in [0.25, 0.3) is 11.5 Å². The number of nitrogens with zero attached hydrogens (tertiary/aromatic N) is 3. The molecule has 0 atom stereocenters. The minimum absolute atomic E-state index is 0.149. The van der Waals surface area contributed by atoms with Crippen molar-refractivity contribution in [3.05, 3.63) is 98.1 Å². The molecule has 1 amide bonds. The van der Waals surface area contributed by atoms with Gasteiger partial charge in [0.05, 0.1) is 5.69 Å². The number of ketones is 1. The summed E-state index contributed by atoms with van der Waals surface area (Å²) in [6, 6.07) is 13.0. The van der Waals surface area contributed by atoms with Crippen molar-refractivity contribution in [3.8, 4) is 24.0 Å². The molecule has 0 aliphatic rings. The Morgan fingerprint density at radius 3 is 2.18 bits per heavy atom. The van der Waals surface area contributed by atoms with E-state index in [-0.39, 0.29) is 23.9 Å². The van der Waals surface area contributed by atoms with E-state index in [2.05, 4.69) is 26.3 Å². The van der Waals surface area contributed by atoms with Gasteiger partial charge in [0.1, 0.15) is 18.2 Å². The number of benzene rings is 2. The smallest absolute Gasteiger partial charge is 0.256 e. The van der Waals surface area contributed by atoms with Gasteiger partial charge in [-0.25, -0.2) is 4.98 Å². The van der Waals surface area contributed by atoms with E-state index in [9.17, 15) is 14.4 Å². The van der Waals surface area contributed by atoms with E-state index in [1.807, 2.05) is 13.8 Å². The van der Waals surface area contributed by atoms with Crippen molar-refractivity contribution in [2.24, 2.45) is 0 Å². The quantitative estimate of drug-likeness (QED) is 0.274. The molecule has 0 unspecified atom stereocenters. The lowest BCUT2D eigenvalue weighted by Crippen LogP contribution is -2.22. The van der Waals surface area contributed by atoms with E-state index in [0.29, 0.717) is 51.6 Å². The van der Waals surface area contributed by atoms with Crippen molar-refractivity contribution in [3.63, 3.8) is 0 Å². The number of aromatic amines is 1. The van der Waals surface area contributed by atoms with Crippen LogP contribution in [0.25, 0.3) is 5.95 Å². The Balaban J connectivity index is 1.55. The van der Waals surface area contributed by atoms with Gasteiger partial charge in [-0.2, -0.15) is 9.78 Å². The van der Waals surface area contributed by atoms with Gasteiger partial charge in [-0.15, -0.1) is 6.42 Å². The van der Waals surface area contributed by atoms with Gasteiger partial charge in [-0.1, -0.05) is 25.0 Å². The average Bonchev–Trinajstić information content (AvgIpc) is 3.20. The van der Waals surface area contributed by atoms with Crippen LogP contribution in [0.15, 0.2) is 53.3 Å². The number of hydrogen-bond donors (Lipinski definition) is 2. The van der Waals surface area contributed by atoms with Crippen molar-refractivity contribution in [1.29, 1.82) is 0 Å². The standard InChI is InChI=1S/C29H27N5O4/c1-6-16-38-23-14-12-21(13-15-23)25(35)20-8-10-22(11-9-20)27(36)31-26-17(3)18(4)33-34(26)29-30-19(5)24(7-2)28(37)32-29/h1,8-15H,7,16H2,2-5H3,(H,31,36)(H,30,32,37). The highest BCUT2D eigenvalue weighted by Crippen LogP contribution is 2.22. The van der Waals surface area contributed by atoms with Crippen LogP contribution in [0.4, 0.5) is 5.82 Å². The summed E-state index contributed by atoms with van der Waals surface area (Å²) in [5.74, 6) is 2.99. The fraction of sp³-hybridized carbons (Fsp3) is 0.207. The van der Waals surface area contributed by atoms with Crippen LogP contribution in [0.3, 0.4) is 0 Å². The molecule has 0 bridgehead atoms. The molecule has 4 rings (SSSR count). The second-order valence-corrected chi connectivity index (χ2v) is 8.66. The van der Waals surface area contributed by atoms with Crippen molar-refractivity contribution in [1.82, 2.24) is 19.7 Å². The fourth-order valence-electron chi connectivity index (χ4n) is 3.96. The molecule has 0 aliphatic carbocycles. The summed E-state index contributed by atoms with van der Waals surface area (Å²) in [6.07, 6.45) is 5.75. The minimum atomic E-state index is -0.396. The van der Waals surface area contributed by atoms with Gasteiger partial charge < -0.3 is 10.1 Å². The van der Waals surface area contributed by atoms with Crippen LogP contribution in [0.2, 0.25) is 0 Å². The molecule has 0 saturated heterocycles. The SMILES string of the molecule is C#CCOc1ccc(C(=O)c2ccc(C(=O)Nc3c(C)c(C)nn3-c3nc(C)c(CC)c(=O)[nH]3)cc2)cc1. The number of nitrogens with one attached hydrogen (secondary N) is 2. The molecule has 2 aromatic carbocycles. The Morgan fingerprint density at radius 2 is 1.61 bits per heavy atom. The van der Waals surface area contributed by atoms with E-state index < -0.39 is 5.91 Å². The maximum atomic E-state index is 13.1. The number of aryl methyl sites for hydroxylation is 2. The van der Waals surface area contributed by atoms with Crippen molar-refractivity contribution in [2.45, 2.75) is 34.1 Å². The first kappa shape index (κ1) is 26.1. The molecule has 0 saturated carbocycles. The summed E-state index contributed by atoms with van der Waals surface area (Å²) in [6.45, 7) is 7.43.